The third-order valence-electron chi connectivity index (χ3n) is 3.68. The average Bonchev–Trinajstić information content (AvgIpc) is 2.91. The van der Waals surface area contributed by atoms with Crippen molar-refractivity contribution in [2.45, 2.75) is 25.4 Å². The zero-order valence-corrected chi connectivity index (χ0v) is 15.7. The van der Waals surface area contributed by atoms with Crippen LogP contribution in [0.25, 0.3) is 0 Å². The minimum Gasteiger partial charge on any atom is -0.488 e. The number of nitrogens with one attached hydrogen (secondary N) is 1. The van der Waals surface area contributed by atoms with Gasteiger partial charge >= 0.3 is 0 Å². The fourth-order valence-electron chi connectivity index (χ4n) is 2.54. The third-order valence-corrected chi connectivity index (χ3v) is 3.68. The molecule has 122 valence electrons. The van der Waals surface area contributed by atoms with Gasteiger partial charge in [0.05, 0.1) is 6.54 Å². The van der Waals surface area contributed by atoms with Gasteiger partial charge in [-0.15, -0.1) is 30.6 Å². The van der Waals surface area contributed by atoms with Crippen LogP contribution in [0.15, 0.2) is 41.9 Å². The molecule has 1 aromatic rings. The van der Waals surface area contributed by atoms with Crippen LogP contribution in [0.5, 0.6) is 5.75 Å². The molecule has 0 fully saturated rings. The topological polar surface area (TPSA) is 36.9 Å². The van der Waals surface area contributed by atoms with Crippen molar-refractivity contribution in [2.24, 2.45) is 4.99 Å². The lowest BCUT2D eigenvalue weighted by atomic mass is 10.1. The molecule has 0 bridgehead atoms. The average molecular weight is 415 g/mol. The Morgan fingerprint density at radius 3 is 2.95 bits per heavy atom. The van der Waals surface area contributed by atoms with Crippen LogP contribution in [0.1, 0.15) is 18.4 Å². The third kappa shape index (κ3) is 5.19. The fraction of sp³-hybridized carbons (Fsp3) is 0.471. The van der Waals surface area contributed by atoms with Crippen molar-refractivity contribution in [1.82, 2.24) is 10.2 Å². The van der Waals surface area contributed by atoms with E-state index in [4.69, 9.17) is 4.74 Å². The highest BCUT2D eigenvalue weighted by Crippen LogP contribution is 2.27. The van der Waals surface area contributed by atoms with Gasteiger partial charge in [0, 0.05) is 27.1 Å². The van der Waals surface area contributed by atoms with Gasteiger partial charge in [-0.1, -0.05) is 24.3 Å². The quantitative estimate of drug-likeness (QED) is 0.255. The Bertz CT molecular complexity index is 479. The number of hydrogen-bond donors (Lipinski definition) is 1. The summed E-state index contributed by atoms with van der Waals surface area (Å²) in [6.07, 6.45) is 5.21. The molecule has 1 aromatic carbocycles. The first kappa shape index (κ1) is 18.8. The molecule has 5 heteroatoms. The Kier molecular flexibility index (Phi) is 8.30. The Morgan fingerprint density at radius 1 is 1.50 bits per heavy atom. The molecule has 1 unspecified atom stereocenters. The molecule has 0 spiro atoms. The smallest absolute Gasteiger partial charge is 0.193 e. The van der Waals surface area contributed by atoms with Crippen LogP contribution in [0.3, 0.4) is 0 Å². The van der Waals surface area contributed by atoms with Crippen LogP contribution >= 0.6 is 24.0 Å². The second-order valence-corrected chi connectivity index (χ2v) is 5.33. The van der Waals surface area contributed by atoms with E-state index >= 15 is 0 Å². The van der Waals surface area contributed by atoms with Crippen molar-refractivity contribution in [2.75, 3.05) is 27.2 Å². The van der Waals surface area contributed by atoms with Crippen LogP contribution in [0, 0.1) is 0 Å². The van der Waals surface area contributed by atoms with E-state index in [1.807, 2.05) is 25.3 Å². The fourth-order valence-corrected chi connectivity index (χ4v) is 2.54. The molecular weight excluding hydrogens is 389 g/mol. The van der Waals surface area contributed by atoms with Crippen LogP contribution in [0.4, 0.5) is 0 Å². The molecule has 22 heavy (non-hydrogen) atoms. The van der Waals surface area contributed by atoms with Crippen molar-refractivity contribution < 1.29 is 4.74 Å². The lowest BCUT2D eigenvalue weighted by molar-refractivity contribution is 0.233. The van der Waals surface area contributed by atoms with Crippen molar-refractivity contribution in [3.63, 3.8) is 0 Å². The maximum atomic E-state index is 5.93. The Balaban J connectivity index is 0.00000242. The second-order valence-electron chi connectivity index (χ2n) is 5.33. The molecule has 0 aromatic heterocycles. The van der Waals surface area contributed by atoms with Crippen LogP contribution < -0.4 is 10.1 Å². The number of halogens is 1. The van der Waals surface area contributed by atoms with Gasteiger partial charge in [-0.3, -0.25) is 4.99 Å². The zero-order chi connectivity index (χ0) is 15.1. The van der Waals surface area contributed by atoms with E-state index in [0.717, 1.165) is 44.1 Å². The van der Waals surface area contributed by atoms with Crippen molar-refractivity contribution in [3.8, 4) is 5.75 Å². The lowest BCUT2D eigenvalue weighted by Crippen LogP contribution is -2.43. The Hall–Kier alpha value is -1.24. The normalized spacial score (nSPS) is 16.3. The largest absolute Gasteiger partial charge is 0.488 e. The highest BCUT2D eigenvalue weighted by molar-refractivity contribution is 14.0. The van der Waals surface area contributed by atoms with Gasteiger partial charge in [-0.2, -0.15) is 0 Å². The van der Waals surface area contributed by atoms with E-state index in [0.29, 0.717) is 0 Å². The van der Waals surface area contributed by atoms with E-state index in [9.17, 15) is 0 Å². The van der Waals surface area contributed by atoms with Crippen LogP contribution in [-0.4, -0.2) is 44.1 Å². The maximum Gasteiger partial charge on any atom is 0.193 e. The van der Waals surface area contributed by atoms with Gasteiger partial charge in [0.2, 0.25) is 0 Å². The standard InChI is InChI=1S/C17H25N3O.HI/c1-4-5-8-11-20(3)17(18-2)19-13-15-12-14-9-6-7-10-16(14)21-15;/h4,6-7,9-10,15H,1,5,8,11-13H2,2-3H3,(H,18,19);1H. The number of rotatable bonds is 6. The van der Waals surface area contributed by atoms with Crippen LogP contribution in [-0.2, 0) is 6.42 Å². The van der Waals surface area contributed by atoms with E-state index in [-0.39, 0.29) is 30.1 Å². The van der Waals surface area contributed by atoms with E-state index in [1.165, 1.54) is 5.56 Å². The molecule has 0 radical (unpaired) electrons. The summed E-state index contributed by atoms with van der Waals surface area (Å²) in [5.74, 6) is 1.93. The summed E-state index contributed by atoms with van der Waals surface area (Å²) < 4.78 is 5.93. The van der Waals surface area contributed by atoms with Gasteiger partial charge in [-0.05, 0) is 24.5 Å². The number of fused-ring (bicyclic) bond motifs is 1. The van der Waals surface area contributed by atoms with Crippen LogP contribution in [0.2, 0.25) is 0 Å². The summed E-state index contributed by atoms with van der Waals surface area (Å²) in [7, 11) is 3.87. The SMILES string of the molecule is C=CCCCN(C)C(=NC)NCC1Cc2ccccc2O1.I. The first-order valence-corrected chi connectivity index (χ1v) is 7.52. The number of guanidine groups is 1. The molecule has 1 aliphatic rings. The summed E-state index contributed by atoms with van der Waals surface area (Å²) in [5.41, 5.74) is 1.29. The molecule has 1 aliphatic heterocycles. The van der Waals surface area contributed by atoms with Gasteiger partial charge in [0.1, 0.15) is 11.9 Å². The van der Waals surface area contributed by atoms with E-state index in [1.54, 1.807) is 0 Å². The Labute approximate surface area is 150 Å². The minimum atomic E-state index is 0. The number of hydrogen-bond acceptors (Lipinski definition) is 2. The predicted octanol–water partition coefficient (Wildman–Crippen LogP) is 3.08. The number of para-hydroxylation sites is 1. The lowest BCUT2D eigenvalue weighted by Gasteiger charge is -2.23. The Morgan fingerprint density at radius 2 is 2.27 bits per heavy atom. The summed E-state index contributed by atoms with van der Waals surface area (Å²) >= 11 is 0. The maximum absolute atomic E-state index is 5.93. The number of aliphatic imine (C=N–C) groups is 1. The highest BCUT2D eigenvalue weighted by Gasteiger charge is 2.22. The van der Waals surface area contributed by atoms with Gasteiger partial charge in [0.25, 0.3) is 0 Å². The molecule has 1 heterocycles. The summed E-state index contributed by atoms with van der Waals surface area (Å²) in [6, 6.07) is 8.24. The number of benzene rings is 1. The minimum absolute atomic E-state index is 0. The molecule has 2 rings (SSSR count). The van der Waals surface area contributed by atoms with Crippen molar-refractivity contribution in [1.29, 1.82) is 0 Å². The molecule has 0 saturated carbocycles. The predicted molar refractivity (Wildman–Crippen MR) is 103 cm³/mol. The molecular formula is C17H26IN3O. The van der Waals surface area contributed by atoms with Gasteiger partial charge in [-0.25, -0.2) is 0 Å². The molecule has 1 N–H and O–H groups in total. The molecule has 0 aliphatic carbocycles. The summed E-state index contributed by atoms with van der Waals surface area (Å²) in [4.78, 5) is 6.47. The number of nitrogens with zero attached hydrogens (tertiary/aromatic N) is 2. The molecule has 0 saturated heterocycles. The summed E-state index contributed by atoms with van der Waals surface area (Å²) in [5, 5.41) is 3.40. The van der Waals surface area contributed by atoms with E-state index < -0.39 is 0 Å². The van der Waals surface area contributed by atoms with Crippen molar-refractivity contribution >= 4 is 29.9 Å². The summed E-state index contributed by atoms with van der Waals surface area (Å²) in [6.45, 7) is 5.49. The number of allylic oxidation sites excluding steroid dienone is 1. The van der Waals surface area contributed by atoms with Gasteiger partial charge in [0.15, 0.2) is 5.96 Å². The van der Waals surface area contributed by atoms with E-state index in [2.05, 4.69) is 41.0 Å². The van der Waals surface area contributed by atoms with Gasteiger partial charge < -0.3 is 15.0 Å². The first-order chi connectivity index (χ1) is 10.2. The molecule has 4 nitrogen and oxygen atoms in total. The zero-order valence-electron chi connectivity index (χ0n) is 13.4. The molecule has 1 atom stereocenters. The monoisotopic (exact) mass is 415 g/mol. The second kappa shape index (κ2) is 9.71. The molecule has 0 amide bonds. The first-order valence-electron chi connectivity index (χ1n) is 7.52. The number of ether oxygens (including phenoxy) is 1. The van der Waals surface area contributed by atoms with Crippen molar-refractivity contribution in [3.05, 3.63) is 42.5 Å². The highest BCUT2D eigenvalue weighted by atomic mass is 127. The number of unbranched alkanes of at least 4 members (excludes halogenated alkanes) is 1.